The minimum absolute atomic E-state index is 0.130. The Morgan fingerprint density at radius 1 is 1.00 bits per heavy atom. The number of carbonyl (C=O) groups excluding carboxylic acids is 2. The fourth-order valence-corrected chi connectivity index (χ4v) is 6.84. The predicted molar refractivity (Wildman–Crippen MR) is 192 cm³/mol. The lowest BCUT2D eigenvalue weighted by molar-refractivity contribution is -0.0294. The summed E-state index contributed by atoms with van der Waals surface area (Å²) < 4.78 is 14.0. The number of Topliss-reactive ketones (excluding diaryl/α,β-unsaturated/α-hetero) is 1. The van der Waals surface area contributed by atoms with E-state index in [2.05, 4.69) is 55.6 Å². The molecule has 3 aromatic heterocycles. The summed E-state index contributed by atoms with van der Waals surface area (Å²) in [5.74, 6) is 2.33. The lowest BCUT2D eigenvalue weighted by Gasteiger charge is -2.38. The van der Waals surface area contributed by atoms with Gasteiger partial charge in [-0.25, -0.2) is 14.8 Å². The van der Waals surface area contributed by atoms with Crippen LogP contribution in [0, 0.1) is 0 Å². The van der Waals surface area contributed by atoms with Crippen LogP contribution in [0.3, 0.4) is 0 Å². The van der Waals surface area contributed by atoms with E-state index < -0.39 is 6.03 Å². The van der Waals surface area contributed by atoms with E-state index in [1.807, 2.05) is 61.7 Å². The number of nitrogens with one attached hydrogen (secondary N) is 2. The lowest BCUT2D eigenvalue weighted by Crippen LogP contribution is -2.51. The molecular weight excluding hydrogens is 632 g/mol. The van der Waals surface area contributed by atoms with E-state index in [1.54, 1.807) is 13.2 Å². The number of methoxy groups -OCH3 is 1. The first kappa shape index (κ1) is 35.4. The first-order valence-electron chi connectivity index (χ1n) is 17.9. The summed E-state index contributed by atoms with van der Waals surface area (Å²) in [7, 11) is 1.73. The van der Waals surface area contributed by atoms with Gasteiger partial charge in [-0.15, -0.1) is 10.2 Å². The second kappa shape index (κ2) is 15.2. The highest BCUT2D eigenvalue weighted by Crippen LogP contribution is 2.39. The van der Waals surface area contributed by atoms with Gasteiger partial charge in [0.05, 0.1) is 24.0 Å². The number of likely N-dealkylation sites (tertiary alicyclic amines) is 1. The van der Waals surface area contributed by atoms with Crippen LogP contribution < -0.4 is 15.4 Å². The molecular formula is C38H50N8O4. The van der Waals surface area contributed by atoms with Crippen LogP contribution in [0.5, 0.6) is 5.75 Å². The molecule has 0 unspecified atom stereocenters. The van der Waals surface area contributed by atoms with Gasteiger partial charge in [0.15, 0.2) is 17.3 Å². The van der Waals surface area contributed by atoms with Crippen LogP contribution in [0.25, 0.3) is 5.65 Å². The summed E-state index contributed by atoms with van der Waals surface area (Å²) in [6.07, 6.45) is 6.52. The van der Waals surface area contributed by atoms with Crippen molar-refractivity contribution in [2.75, 3.05) is 32.1 Å². The maximum atomic E-state index is 13.4. The molecule has 2 N–H and O–H groups in total. The third-order valence-corrected chi connectivity index (χ3v) is 9.89. The van der Waals surface area contributed by atoms with Crippen molar-refractivity contribution in [3.8, 4) is 5.75 Å². The van der Waals surface area contributed by atoms with Gasteiger partial charge in [-0.2, -0.15) is 0 Å². The first-order valence-corrected chi connectivity index (χ1v) is 17.9. The molecule has 0 spiro atoms. The molecule has 266 valence electrons. The minimum Gasteiger partial charge on any atom is -0.484 e. The number of benzene rings is 1. The Hall–Kier alpha value is -4.42. The number of carbonyl (C=O) groups is 2. The fourth-order valence-electron chi connectivity index (χ4n) is 6.84. The molecule has 4 heterocycles. The molecule has 12 heteroatoms. The highest BCUT2D eigenvalue weighted by molar-refractivity contribution is 5.94. The molecule has 1 aliphatic carbocycles. The summed E-state index contributed by atoms with van der Waals surface area (Å²) in [5.41, 5.74) is 3.19. The van der Waals surface area contributed by atoms with Crippen molar-refractivity contribution >= 4 is 23.3 Å². The first-order chi connectivity index (χ1) is 24.1. The number of pyridine rings is 1. The largest absolute Gasteiger partial charge is 0.484 e. The number of fused-ring (bicyclic) bond motifs is 2. The summed E-state index contributed by atoms with van der Waals surface area (Å²) in [6, 6.07) is 13.1. The van der Waals surface area contributed by atoms with Crippen LogP contribution in [0.2, 0.25) is 0 Å². The van der Waals surface area contributed by atoms with E-state index >= 15 is 0 Å². The summed E-state index contributed by atoms with van der Waals surface area (Å²) in [6.45, 7) is 13.0. The lowest BCUT2D eigenvalue weighted by atomic mass is 9.85. The van der Waals surface area contributed by atoms with Gasteiger partial charge in [0.2, 0.25) is 0 Å². The van der Waals surface area contributed by atoms with Crippen molar-refractivity contribution in [2.24, 2.45) is 0 Å². The number of urea groups is 1. The smallest absolute Gasteiger partial charge is 0.320 e. The van der Waals surface area contributed by atoms with Crippen LogP contribution in [0.4, 0.5) is 10.6 Å². The molecule has 0 bridgehead atoms. The average molecular weight is 683 g/mol. The zero-order chi connectivity index (χ0) is 35.4. The van der Waals surface area contributed by atoms with Crippen LogP contribution in [-0.2, 0) is 10.2 Å². The number of anilines is 1. The van der Waals surface area contributed by atoms with Gasteiger partial charge in [-0.1, -0.05) is 58.9 Å². The van der Waals surface area contributed by atoms with Crippen molar-refractivity contribution in [1.29, 1.82) is 0 Å². The second-order valence-corrected chi connectivity index (χ2v) is 14.5. The number of ketones is 1. The standard InChI is InChI=1S/C38H50N8O4/c1-7-24(8-2)36-44-43-34-18-15-25(23-46(34)36)50-31-17-16-29(27-12-9-10-13-28(27)31)39-37(48)42-33-20-32(38(3,4)5)40-35(41-33)30(47)14-11-19-45-21-26(22-45)49-6/h9-10,12-13,15,18,20,23-24,26,29,31H,7-8,11,14,16-17,19,21-22H2,1-6H3,(H2,39,40,41,42,48)/t29-,31+/m0/s1. The molecule has 2 amide bonds. The number of hydrogen-bond acceptors (Lipinski definition) is 9. The van der Waals surface area contributed by atoms with Crippen molar-refractivity contribution in [1.82, 2.24) is 34.8 Å². The normalized spacial score (nSPS) is 18.1. The zero-order valence-electron chi connectivity index (χ0n) is 30.1. The van der Waals surface area contributed by atoms with Gasteiger partial charge in [-0.05, 0) is 61.9 Å². The van der Waals surface area contributed by atoms with E-state index in [4.69, 9.17) is 9.47 Å². The molecule has 0 saturated carbocycles. The molecule has 2 aliphatic rings. The predicted octanol–water partition coefficient (Wildman–Crippen LogP) is 6.79. The van der Waals surface area contributed by atoms with Crippen molar-refractivity contribution in [3.05, 3.63) is 77.1 Å². The highest BCUT2D eigenvalue weighted by Gasteiger charge is 2.30. The Morgan fingerprint density at radius 3 is 2.48 bits per heavy atom. The van der Waals surface area contributed by atoms with E-state index in [0.29, 0.717) is 43.1 Å². The minimum atomic E-state index is -0.390. The molecule has 2 atom stereocenters. The third kappa shape index (κ3) is 7.97. The topological polar surface area (TPSA) is 136 Å². The fraction of sp³-hybridized carbons (Fsp3) is 0.526. The molecule has 0 radical (unpaired) electrons. The number of aromatic nitrogens is 5. The Labute approximate surface area is 294 Å². The van der Waals surface area contributed by atoms with Crippen LogP contribution in [0.15, 0.2) is 48.7 Å². The summed E-state index contributed by atoms with van der Waals surface area (Å²) in [5, 5.41) is 14.9. The molecule has 6 rings (SSSR count). The van der Waals surface area contributed by atoms with Gasteiger partial charge in [0.1, 0.15) is 23.5 Å². The van der Waals surface area contributed by atoms with Gasteiger partial charge in [-0.3, -0.25) is 19.4 Å². The molecule has 1 aliphatic heterocycles. The molecule has 1 saturated heterocycles. The van der Waals surface area contributed by atoms with E-state index in [1.165, 1.54) is 0 Å². The molecule has 1 fully saturated rings. The Bertz CT molecular complexity index is 1810. The number of nitrogens with zero attached hydrogens (tertiary/aromatic N) is 6. The van der Waals surface area contributed by atoms with E-state index in [-0.39, 0.29) is 35.3 Å². The number of hydrogen-bond donors (Lipinski definition) is 2. The summed E-state index contributed by atoms with van der Waals surface area (Å²) in [4.78, 5) is 38.0. The maximum absolute atomic E-state index is 13.4. The Morgan fingerprint density at radius 2 is 1.76 bits per heavy atom. The van der Waals surface area contributed by atoms with E-state index in [9.17, 15) is 9.59 Å². The van der Waals surface area contributed by atoms with Crippen molar-refractivity contribution < 1.29 is 19.1 Å². The number of amides is 2. The Balaban J connectivity index is 1.12. The van der Waals surface area contributed by atoms with Crippen molar-refractivity contribution in [3.63, 3.8) is 0 Å². The third-order valence-electron chi connectivity index (χ3n) is 9.89. The number of rotatable bonds is 13. The van der Waals surface area contributed by atoms with Gasteiger partial charge >= 0.3 is 6.03 Å². The average Bonchev–Trinajstić information content (AvgIpc) is 3.50. The molecule has 12 nitrogen and oxygen atoms in total. The SMILES string of the molecule is CCC(CC)c1nnc2ccc(O[C@@H]3CC[C@H](NC(=O)Nc4cc(C(C)(C)C)nc(C(=O)CCCN5CC(OC)C5)n4)c4ccccc43)cn12. The van der Waals surface area contributed by atoms with Crippen LogP contribution in [-0.4, -0.2) is 74.1 Å². The molecule has 4 aromatic rings. The quantitative estimate of drug-likeness (QED) is 0.146. The van der Waals surface area contributed by atoms with Gasteiger partial charge in [0.25, 0.3) is 0 Å². The number of ether oxygens (including phenoxy) is 2. The monoisotopic (exact) mass is 682 g/mol. The summed E-state index contributed by atoms with van der Waals surface area (Å²) >= 11 is 0. The highest BCUT2D eigenvalue weighted by atomic mass is 16.5. The van der Waals surface area contributed by atoms with Gasteiger partial charge < -0.3 is 14.8 Å². The van der Waals surface area contributed by atoms with Gasteiger partial charge in [0, 0.05) is 44.0 Å². The second-order valence-electron chi connectivity index (χ2n) is 14.5. The Kier molecular flexibility index (Phi) is 10.8. The molecule has 50 heavy (non-hydrogen) atoms. The van der Waals surface area contributed by atoms with Crippen LogP contribution in [0.1, 0.15) is 124 Å². The molecule has 1 aromatic carbocycles. The zero-order valence-corrected chi connectivity index (χ0v) is 30.1. The van der Waals surface area contributed by atoms with E-state index in [0.717, 1.165) is 60.8 Å². The van der Waals surface area contributed by atoms with Crippen LogP contribution >= 0.6 is 0 Å². The van der Waals surface area contributed by atoms with Crippen molar-refractivity contribution in [2.45, 2.75) is 103 Å². The maximum Gasteiger partial charge on any atom is 0.320 e.